The summed E-state index contributed by atoms with van der Waals surface area (Å²) in [7, 11) is 0. The Kier molecular flexibility index (Phi) is 6.09. The van der Waals surface area contributed by atoms with Crippen molar-refractivity contribution in [1.82, 2.24) is 4.90 Å². The summed E-state index contributed by atoms with van der Waals surface area (Å²) in [5.41, 5.74) is 1.42. The molecule has 0 saturated carbocycles. The molecule has 1 unspecified atom stereocenters. The molecule has 1 atom stereocenters. The second kappa shape index (κ2) is 7.87. The Morgan fingerprint density at radius 1 is 1.25 bits per heavy atom. The lowest BCUT2D eigenvalue weighted by atomic mass is 9.90. The van der Waals surface area contributed by atoms with Crippen molar-refractivity contribution in [2.24, 2.45) is 5.92 Å². The highest BCUT2D eigenvalue weighted by Gasteiger charge is 2.36. The zero-order chi connectivity index (χ0) is 17.7. The lowest BCUT2D eigenvalue weighted by Crippen LogP contribution is -2.51. The molecule has 0 aromatic heterocycles. The van der Waals surface area contributed by atoms with E-state index in [1.165, 1.54) is 12.8 Å². The predicted octanol–water partition coefficient (Wildman–Crippen LogP) is 5.23. The summed E-state index contributed by atoms with van der Waals surface area (Å²) < 4.78 is 5.85. The average molecular weight is 329 g/mol. The summed E-state index contributed by atoms with van der Waals surface area (Å²) in [5, 5.41) is 0. The molecule has 3 nitrogen and oxygen atoms in total. The van der Waals surface area contributed by atoms with Crippen molar-refractivity contribution in [2.75, 3.05) is 6.73 Å². The zero-order valence-electron chi connectivity index (χ0n) is 15.8. The Morgan fingerprint density at radius 2 is 1.92 bits per heavy atom. The maximum atomic E-state index is 13.1. The predicted molar refractivity (Wildman–Crippen MR) is 99.2 cm³/mol. The fraction of sp³-hybridized carbons (Fsp3) is 0.571. The number of allylic oxidation sites excluding steroid dienone is 1. The number of carbonyl (C=O) groups is 1. The molecule has 0 fully saturated rings. The monoisotopic (exact) mass is 329 g/mol. The van der Waals surface area contributed by atoms with E-state index in [4.69, 9.17) is 4.74 Å². The molecule has 132 valence electrons. The molecule has 1 heterocycles. The van der Waals surface area contributed by atoms with Crippen LogP contribution in [0, 0.1) is 5.92 Å². The smallest absolute Gasteiger partial charge is 0.260 e. The number of carbonyl (C=O) groups excluding carboxylic acids is 1. The highest BCUT2D eigenvalue weighted by atomic mass is 16.5. The van der Waals surface area contributed by atoms with Crippen LogP contribution in [0.1, 0.15) is 65.9 Å². The first kappa shape index (κ1) is 18.6. The number of rotatable bonds is 7. The van der Waals surface area contributed by atoms with Gasteiger partial charge in [-0.3, -0.25) is 4.79 Å². The molecule has 1 aliphatic rings. The van der Waals surface area contributed by atoms with E-state index in [0.29, 0.717) is 12.3 Å². The van der Waals surface area contributed by atoms with Crippen LogP contribution in [0.4, 0.5) is 0 Å². The molecule has 0 spiro atoms. The molecule has 1 aromatic rings. The lowest BCUT2D eigenvalue weighted by Gasteiger charge is -2.41. The van der Waals surface area contributed by atoms with E-state index in [0.717, 1.165) is 30.1 Å². The Hall–Kier alpha value is -1.77. The van der Waals surface area contributed by atoms with Gasteiger partial charge in [0.15, 0.2) is 6.73 Å². The molecule has 0 aliphatic carbocycles. The topological polar surface area (TPSA) is 29.5 Å². The van der Waals surface area contributed by atoms with Crippen LogP contribution >= 0.6 is 0 Å². The van der Waals surface area contributed by atoms with Crippen molar-refractivity contribution in [3.8, 4) is 0 Å². The second-order valence-electron chi connectivity index (χ2n) is 7.52. The van der Waals surface area contributed by atoms with Gasteiger partial charge in [0, 0.05) is 5.54 Å². The van der Waals surface area contributed by atoms with Crippen molar-refractivity contribution >= 4 is 11.5 Å². The number of hydrogen-bond donors (Lipinski definition) is 0. The van der Waals surface area contributed by atoms with Crippen LogP contribution in [0.2, 0.25) is 0 Å². The first-order valence-electron chi connectivity index (χ1n) is 9.08. The Morgan fingerprint density at radius 3 is 2.54 bits per heavy atom. The lowest BCUT2D eigenvalue weighted by molar-refractivity contribution is -0.139. The van der Waals surface area contributed by atoms with Gasteiger partial charge in [0.2, 0.25) is 0 Å². The summed E-state index contributed by atoms with van der Waals surface area (Å²) in [6.45, 7) is 11.0. The van der Waals surface area contributed by atoms with E-state index in [9.17, 15) is 4.79 Å². The summed E-state index contributed by atoms with van der Waals surface area (Å²) in [6.07, 6.45) is 4.55. The van der Waals surface area contributed by atoms with Gasteiger partial charge in [0.05, 0.1) is 5.57 Å². The highest BCUT2D eigenvalue weighted by molar-refractivity contribution is 6.20. The van der Waals surface area contributed by atoms with E-state index in [1.54, 1.807) is 0 Å². The van der Waals surface area contributed by atoms with Crippen LogP contribution < -0.4 is 0 Å². The number of ether oxygens (including phenoxy) is 1. The molecule has 3 heteroatoms. The number of amides is 1. The van der Waals surface area contributed by atoms with E-state index in [-0.39, 0.29) is 11.4 Å². The summed E-state index contributed by atoms with van der Waals surface area (Å²) in [4.78, 5) is 15.0. The summed E-state index contributed by atoms with van der Waals surface area (Å²) >= 11 is 0. The maximum absolute atomic E-state index is 13.1. The highest BCUT2D eigenvalue weighted by Crippen LogP contribution is 2.32. The Labute approximate surface area is 146 Å². The van der Waals surface area contributed by atoms with Gasteiger partial charge in [-0.25, -0.2) is 0 Å². The Bertz CT molecular complexity index is 589. The van der Waals surface area contributed by atoms with Crippen LogP contribution in [0.25, 0.3) is 5.57 Å². The normalized spacial score (nSPS) is 17.0. The van der Waals surface area contributed by atoms with Gasteiger partial charge in [0.25, 0.3) is 5.91 Å². The Balaban J connectivity index is 2.13. The van der Waals surface area contributed by atoms with Crippen molar-refractivity contribution in [2.45, 2.75) is 65.8 Å². The molecule has 1 aromatic carbocycles. The van der Waals surface area contributed by atoms with Crippen LogP contribution in [-0.4, -0.2) is 23.1 Å². The number of hydrogen-bond acceptors (Lipinski definition) is 2. The van der Waals surface area contributed by atoms with Crippen LogP contribution in [0.3, 0.4) is 0 Å². The molecule has 0 radical (unpaired) electrons. The van der Waals surface area contributed by atoms with E-state index < -0.39 is 0 Å². The van der Waals surface area contributed by atoms with Crippen molar-refractivity contribution < 1.29 is 9.53 Å². The minimum Gasteiger partial charge on any atom is -0.477 e. The van der Waals surface area contributed by atoms with Crippen LogP contribution in [-0.2, 0) is 9.53 Å². The fourth-order valence-electron chi connectivity index (χ4n) is 3.18. The molecule has 0 N–H and O–H groups in total. The molecule has 0 saturated heterocycles. The van der Waals surface area contributed by atoms with Gasteiger partial charge < -0.3 is 9.64 Å². The average Bonchev–Trinajstić information content (AvgIpc) is 2.55. The number of benzene rings is 1. The SMILES string of the molecule is CCC(C)CCCC(C)(C)N1COC(C)=C(c2ccccc2)C1=O. The minimum atomic E-state index is -0.203. The van der Waals surface area contributed by atoms with Gasteiger partial charge in [-0.15, -0.1) is 0 Å². The van der Waals surface area contributed by atoms with E-state index in [1.807, 2.05) is 42.2 Å². The zero-order valence-corrected chi connectivity index (χ0v) is 15.8. The van der Waals surface area contributed by atoms with Gasteiger partial charge in [-0.05, 0) is 38.7 Å². The number of nitrogens with zero attached hydrogens (tertiary/aromatic N) is 1. The second-order valence-corrected chi connectivity index (χ2v) is 7.52. The van der Waals surface area contributed by atoms with Gasteiger partial charge in [-0.2, -0.15) is 0 Å². The first-order chi connectivity index (χ1) is 11.4. The molecule has 24 heavy (non-hydrogen) atoms. The van der Waals surface area contributed by atoms with Gasteiger partial charge in [0.1, 0.15) is 5.76 Å². The summed E-state index contributed by atoms with van der Waals surface area (Å²) in [5.74, 6) is 1.55. The van der Waals surface area contributed by atoms with Crippen molar-refractivity contribution in [1.29, 1.82) is 0 Å². The standard InChI is InChI=1S/C21H31NO2/c1-6-16(2)11-10-14-21(4,5)22-15-24-17(3)19(20(22)23)18-12-8-7-9-13-18/h7-9,12-13,16H,6,10-11,14-15H2,1-5H3. The quantitative estimate of drug-likeness (QED) is 0.685. The first-order valence-corrected chi connectivity index (χ1v) is 9.08. The minimum absolute atomic E-state index is 0.0819. The fourth-order valence-corrected chi connectivity index (χ4v) is 3.18. The summed E-state index contributed by atoms with van der Waals surface area (Å²) in [6, 6.07) is 9.82. The molecule has 0 bridgehead atoms. The van der Waals surface area contributed by atoms with Crippen LogP contribution in [0.5, 0.6) is 0 Å². The van der Waals surface area contributed by atoms with Crippen molar-refractivity contribution in [3.05, 3.63) is 41.7 Å². The van der Waals surface area contributed by atoms with Crippen molar-refractivity contribution in [3.63, 3.8) is 0 Å². The maximum Gasteiger partial charge on any atom is 0.260 e. The van der Waals surface area contributed by atoms with Gasteiger partial charge in [-0.1, -0.05) is 63.4 Å². The van der Waals surface area contributed by atoms with E-state index in [2.05, 4.69) is 27.7 Å². The van der Waals surface area contributed by atoms with Gasteiger partial charge >= 0.3 is 0 Å². The largest absolute Gasteiger partial charge is 0.477 e. The third kappa shape index (κ3) is 4.19. The third-order valence-corrected chi connectivity index (χ3v) is 5.20. The molecule has 1 aliphatic heterocycles. The molecule has 1 amide bonds. The molecular formula is C21H31NO2. The van der Waals surface area contributed by atoms with Crippen LogP contribution in [0.15, 0.2) is 36.1 Å². The molecule has 2 rings (SSSR count). The third-order valence-electron chi connectivity index (χ3n) is 5.20. The molecular weight excluding hydrogens is 298 g/mol. The van der Waals surface area contributed by atoms with E-state index >= 15 is 0 Å².